The van der Waals surface area contributed by atoms with Crippen molar-refractivity contribution in [3.8, 4) is 0 Å². The first-order chi connectivity index (χ1) is 12.2. The lowest BCUT2D eigenvalue weighted by atomic mass is 9.87. The van der Waals surface area contributed by atoms with E-state index in [2.05, 4.69) is 17.4 Å². The molecule has 1 aliphatic carbocycles. The van der Waals surface area contributed by atoms with Crippen molar-refractivity contribution in [2.75, 3.05) is 19.6 Å². The summed E-state index contributed by atoms with van der Waals surface area (Å²) in [6.07, 6.45) is 8.23. The average molecular weight is 342 g/mol. The zero-order chi connectivity index (χ0) is 17.5. The molecule has 1 N–H and O–H groups in total. The van der Waals surface area contributed by atoms with Crippen LogP contribution in [0.2, 0.25) is 0 Å². The largest absolute Gasteiger partial charge is 0.356 e. The highest BCUT2D eigenvalue weighted by Crippen LogP contribution is 2.27. The molecule has 2 aliphatic rings. The van der Waals surface area contributed by atoms with Gasteiger partial charge in [-0.1, -0.05) is 49.6 Å². The van der Waals surface area contributed by atoms with Crippen LogP contribution in [0.3, 0.4) is 0 Å². The monoisotopic (exact) mass is 342 g/mol. The minimum absolute atomic E-state index is 0.0613. The Morgan fingerprint density at radius 3 is 2.28 bits per heavy atom. The molecule has 1 aliphatic heterocycles. The molecule has 4 nitrogen and oxygen atoms in total. The lowest BCUT2D eigenvalue weighted by Crippen LogP contribution is -2.45. The minimum Gasteiger partial charge on any atom is -0.356 e. The molecule has 1 saturated carbocycles. The molecule has 0 aromatic heterocycles. The van der Waals surface area contributed by atoms with E-state index in [9.17, 15) is 9.59 Å². The first-order valence-electron chi connectivity index (χ1n) is 9.84. The molecule has 0 bridgehead atoms. The molecule has 4 heteroatoms. The molecule has 136 valence electrons. The molecular weight excluding hydrogens is 312 g/mol. The Labute approximate surface area is 151 Å². The lowest BCUT2D eigenvalue weighted by Gasteiger charge is -2.34. The average Bonchev–Trinajstić information content (AvgIpc) is 2.69. The van der Waals surface area contributed by atoms with Crippen LogP contribution in [0.15, 0.2) is 30.3 Å². The van der Waals surface area contributed by atoms with E-state index in [4.69, 9.17) is 0 Å². The topological polar surface area (TPSA) is 49.4 Å². The third-order valence-corrected chi connectivity index (χ3v) is 5.69. The number of amides is 2. The standard InChI is InChI=1S/C21H30N2O2/c24-20(22-14-11-17-7-3-1-4-8-17)18-12-15-23(16-13-18)21(25)19-9-5-2-6-10-19/h1,3-4,7-8,18-19H,2,5-6,9-16H2,(H,22,24). The first-order valence-corrected chi connectivity index (χ1v) is 9.84. The number of rotatable bonds is 5. The molecule has 1 aromatic carbocycles. The molecular formula is C21H30N2O2. The Hall–Kier alpha value is -1.84. The van der Waals surface area contributed by atoms with Crippen molar-refractivity contribution in [2.45, 2.75) is 51.4 Å². The minimum atomic E-state index is 0.0613. The van der Waals surface area contributed by atoms with Gasteiger partial charge in [0.15, 0.2) is 0 Å². The van der Waals surface area contributed by atoms with Gasteiger partial charge in [-0.25, -0.2) is 0 Å². The third-order valence-electron chi connectivity index (χ3n) is 5.69. The van der Waals surface area contributed by atoms with Gasteiger partial charge in [0.2, 0.25) is 11.8 Å². The van der Waals surface area contributed by atoms with E-state index in [1.807, 2.05) is 23.1 Å². The van der Waals surface area contributed by atoms with Gasteiger partial charge < -0.3 is 10.2 Å². The van der Waals surface area contributed by atoms with Crippen molar-refractivity contribution < 1.29 is 9.59 Å². The highest BCUT2D eigenvalue weighted by molar-refractivity contribution is 5.81. The summed E-state index contributed by atoms with van der Waals surface area (Å²) >= 11 is 0. The Morgan fingerprint density at radius 1 is 0.920 bits per heavy atom. The van der Waals surface area contributed by atoms with Crippen molar-refractivity contribution in [2.24, 2.45) is 11.8 Å². The fraction of sp³-hybridized carbons (Fsp3) is 0.619. The fourth-order valence-electron chi connectivity index (χ4n) is 4.09. The van der Waals surface area contributed by atoms with Crippen LogP contribution in [-0.4, -0.2) is 36.3 Å². The maximum Gasteiger partial charge on any atom is 0.225 e. The van der Waals surface area contributed by atoms with Crippen molar-refractivity contribution in [3.63, 3.8) is 0 Å². The van der Waals surface area contributed by atoms with Crippen molar-refractivity contribution in [1.82, 2.24) is 10.2 Å². The van der Waals surface area contributed by atoms with Gasteiger partial charge >= 0.3 is 0 Å². The summed E-state index contributed by atoms with van der Waals surface area (Å²) in [5.74, 6) is 0.791. The summed E-state index contributed by atoms with van der Waals surface area (Å²) in [5.41, 5.74) is 1.25. The number of benzene rings is 1. The van der Waals surface area contributed by atoms with Gasteiger partial charge in [-0.2, -0.15) is 0 Å². The van der Waals surface area contributed by atoms with Gasteiger partial charge in [0.05, 0.1) is 0 Å². The zero-order valence-electron chi connectivity index (χ0n) is 15.1. The van der Waals surface area contributed by atoms with Gasteiger partial charge in [-0.15, -0.1) is 0 Å². The van der Waals surface area contributed by atoms with Gasteiger partial charge in [-0.05, 0) is 37.7 Å². The van der Waals surface area contributed by atoms with E-state index < -0.39 is 0 Å². The summed E-state index contributed by atoms with van der Waals surface area (Å²) in [5, 5.41) is 3.07. The Morgan fingerprint density at radius 2 is 1.60 bits per heavy atom. The summed E-state index contributed by atoms with van der Waals surface area (Å²) in [6.45, 7) is 2.17. The molecule has 0 spiro atoms. The Balaban J connectivity index is 1.37. The van der Waals surface area contributed by atoms with Crippen molar-refractivity contribution in [1.29, 1.82) is 0 Å². The normalized spacial score (nSPS) is 19.6. The molecule has 1 heterocycles. The van der Waals surface area contributed by atoms with Gasteiger partial charge in [0, 0.05) is 31.5 Å². The maximum atomic E-state index is 12.6. The first kappa shape index (κ1) is 18.0. The van der Waals surface area contributed by atoms with Crippen LogP contribution in [0.25, 0.3) is 0 Å². The fourth-order valence-corrected chi connectivity index (χ4v) is 4.09. The van der Waals surface area contributed by atoms with Crippen molar-refractivity contribution in [3.05, 3.63) is 35.9 Å². The Kier molecular flexibility index (Phi) is 6.48. The van der Waals surface area contributed by atoms with E-state index in [1.54, 1.807) is 0 Å². The van der Waals surface area contributed by atoms with Crippen LogP contribution in [0, 0.1) is 11.8 Å². The van der Waals surface area contributed by atoms with E-state index in [-0.39, 0.29) is 17.7 Å². The van der Waals surface area contributed by atoms with Crippen LogP contribution in [-0.2, 0) is 16.0 Å². The number of nitrogens with one attached hydrogen (secondary N) is 1. The quantitative estimate of drug-likeness (QED) is 0.893. The van der Waals surface area contributed by atoms with E-state index >= 15 is 0 Å². The number of likely N-dealkylation sites (tertiary alicyclic amines) is 1. The van der Waals surface area contributed by atoms with E-state index in [1.165, 1.54) is 24.8 Å². The second-order valence-electron chi connectivity index (χ2n) is 7.46. The van der Waals surface area contributed by atoms with Gasteiger partial charge in [0.25, 0.3) is 0 Å². The predicted molar refractivity (Wildman–Crippen MR) is 99.0 cm³/mol. The van der Waals surface area contributed by atoms with Crippen LogP contribution in [0.5, 0.6) is 0 Å². The summed E-state index contributed by atoms with van der Waals surface area (Å²) in [4.78, 5) is 26.9. The zero-order valence-corrected chi connectivity index (χ0v) is 15.1. The molecule has 1 saturated heterocycles. The van der Waals surface area contributed by atoms with Crippen LogP contribution in [0.4, 0.5) is 0 Å². The molecule has 3 rings (SSSR count). The van der Waals surface area contributed by atoms with Crippen LogP contribution in [0.1, 0.15) is 50.5 Å². The SMILES string of the molecule is O=C(NCCc1ccccc1)C1CCN(C(=O)C2CCCCC2)CC1. The highest BCUT2D eigenvalue weighted by Gasteiger charge is 2.31. The predicted octanol–water partition coefficient (Wildman–Crippen LogP) is 3.16. The highest BCUT2D eigenvalue weighted by atomic mass is 16.2. The second-order valence-corrected chi connectivity index (χ2v) is 7.46. The summed E-state index contributed by atoms with van der Waals surface area (Å²) in [6, 6.07) is 10.2. The molecule has 1 aromatic rings. The second kappa shape index (κ2) is 9.02. The number of piperidine rings is 1. The van der Waals surface area contributed by atoms with E-state index in [0.717, 1.165) is 45.2 Å². The molecule has 0 atom stereocenters. The molecule has 0 radical (unpaired) electrons. The maximum absolute atomic E-state index is 12.6. The number of carbonyl (C=O) groups excluding carboxylic acids is 2. The summed E-state index contributed by atoms with van der Waals surface area (Å²) in [7, 11) is 0. The van der Waals surface area contributed by atoms with Crippen LogP contribution >= 0.6 is 0 Å². The molecule has 0 unspecified atom stereocenters. The molecule has 25 heavy (non-hydrogen) atoms. The van der Waals surface area contributed by atoms with Gasteiger partial charge in [-0.3, -0.25) is 9.59 Å². The number of hydrogen-bond acceptors (Lipinski definition) is 2. The lowest BCUT2D eigenvalue weighted by molar-refractivity contribution is -0.140. The van der Waals surface area contributed by atoms with Crippen molar-refractivity contribution >= 4 is 11.8 Å². The molecule has 2 amide bonds. The summed E-state index contributed by atoms with van der Waals surface area (Å²) < 4.78 is 0. The molecule has 2 fully saturated rings. The number of hydrogen-bond donors (Lipinski definition) is 1. The number of nitrogens with zero attached hydrogens (tertiary/aromatic N) is 1. The van der Waals surface area contributed by atoms with Crippen LogP contribution < -0.4 is 5.32 Å². The van der Waals surface area contributed by atoms with Gasteiger partial charge in [0.1, 0.15) is 0 Å². The third kappa shape index (κ3) is 5.07. The smallest absolute Gasteiger partial charge is 0.225 e. The van der Waals surface area contributed by atoms with E-state index in [0.29, 0.717) is 12.5 Å². The Bertz CT molecular complexity index is 559. The number of carbonyl (C=O) groups is 2.